The van der Waals surface area contributed by atoms with Gasteiger partial charge >= 0.3 is 0 Å². The fourth-order valence-electron chi connectivity index (χ4n) is 1.26. The fourth-order valence-corrected chi connectivity index (χ4v) is 1.79. The number of carbonyl (C=O) groups excluding carboxylic acids is 1. The smallest absolute Gasteiger partial charge is 0.254 e. The molecule has 0 aromatic heterocycles. The topological polar surface area (TPSA) is 89.3 Å². The highest BCUT2D eigenvalue weighted by molar-refractivity contribution is 7.89. The van der Waals surface area contributed by atoms with Crippen molar-refractivity contribution in [3.05, 3.63) is 29.6 Å². The molecule has 1 aromatic rings. The maximum atomic E-state index is 13.6. The molecular weight excluding hydrogens is 259 g/mol. The summed E-state index contributed by atoms with van der Waals surface area (Å²) in [6, 6.07) is 2.85. The average Bonchev–Trinajstić information content (AvgIpc) is 2.27. The van der Waals surface area contributed by atoms with Crippen molar-refractivity contribution in [2.75, 3.05) is 0 Å². The van der Waals surface area contributed by atoms with Crippen molar-refractivity contribution in [1.82, 2.24) is 5.32 Å². The summed E-state index contributed by atoms with van der Waals surface area (Å²) in [5, 5.41) is 7.44. The molecule has 1 atom stereocenters. The number of hydrogen-bond acceptors (Lipinski definition) is 3. The molecule has 1 aromatic carbocycles. The third-order valence-corrected chi connectivity index (χ3v) is 3.41. The van der Waals surface area contributed by atoms with E-state index in [0.717, 1.165) is 18.2 Å². The van der Waals surface area contributed by atoms with Crippen molar-refractivity contribution >= 4 is 15.9 Å². The molecule has 0 saturated heterocycles. The summed E-state index contributed by atoms with van der Waals surface area (Å²) in [7, 11) is -3.97. The van der Waals surface area contributed by atoms with Crippen molar-refractivity contribution < 1.29 is 17.6 Å². The number of hydrogen-bond donors (Lipinski definition) is 2. The molecule has 1 amide bonds. The van der Waals surface area contributed by atoms with E-state index in [0.29, 0.717) is 6.42 Å². The molecule has 18 heavy (non-hydrogen) atoms. The van der Waals surface area contributed by atoms with Crippen LogP contribution in [0.1, 0.15) is 30.6 Å². The quantitative estimate of drug-likeness (QED) is 0.858. The Hall–Kier alpha value is -1.47. The first-order valence-corrected chi connectivity index (χ1v) is 6.93. The number of carbonyl (C=O) groups is 1. The minimum Gasteiger partial charge on any atom is -0.350 e. The summed E-state index contributed by atoms with van der Waals surface area (Å²) in [6.07, 6.45) is 0.711. The monoisotopic (exact) mass is 274 g/mol. The van der Waals surface area contributed by atoms with E-state index in [1.165, 1.54) is 0 Å². The van der Waals surface area contributed by atoms with Gasteiger partial charge < -0.3 is 5.32 Å². The highest BCUT2D eigenvalue weighted by Gasteiger charge is 2.16. The van der Waals surface area contributed by atoms with Crippen LogP contribution in [-0.4, -0.2) is 20.4 Å². The van der Waals surface area contributed by atoms with Gasteiger partial charge in [-0.15, -0.1) is 0 Å². The Morgan fingerprint density at radius 1 is 1.50 bits per heavy atom. The number of amides is 1. The number of halogens is 1. The first-order valence-electron chi connectivity index (χ1n) is 5.39. The van der Waals surface area contributed by atoms with Gasteiger partial charge in [0.05, 0.1) is 10.5 Å². The second kappa shape index (κ2) is 5.45. The molecule has 0 aliphatic rings. The van der Waals surface area contributed by atoms with Crippen LogP contribution < -0.4 is 10.5 Å². The van der Waals surface area contributed by atoms with Crippen molar-refractivity contribution in [2.24, 2.45) is 5.14 Å². The molecule has 0 spiro atoms. The van der Waals surface area contributed by atoms with Crippen LogP contribution in [0.4, 0.5) is 4.39 Å². The Bertz CT molecular complexity index is 557. The number of nitrogens with two attached hydrogens (primary N) is 1. The normalized spacial score (nSPS) is 13.1. The highest BCUT2D eigenvalue weighted by Crippen LogP contribution is 2.14. The second-order valence-corrected chi connectivity index (χ2v) is 5.53. The van der Waals surface area contributed by atoms with Crippen LogP contribution in [0.5, 0.6) is 0 Å². The summed E-state index contributed by atoms with van der Waals surface area (Å²) in [5.74, 6) is -1.50. The summed E-state index contributed by atoms with van der Waals surface area (Å²) in [5.41, 5.74) is -0.206. The van der Waals surface area contributed by atoms with E-state index in [9.17, 15) is 17.6 Å². The van der Waals surface area contributed by atoms with Gasteiger partial charge in [0.1, 0.15) is 5.82 Å². The molecule has 0 heterocycles. The van der Waals surface area contributed by atoms with Crippen molar-refractivity contribution in [3.8, 4) is 0 Å². The maximum Gasteiger partial charge on any atom is 0.254 e. The Labute approximate surface area is 105 Å². The van der Waals surface area contributed by atoms with Gasteiger partial charge in [-0.25, -0.2) is 17.9 Å². The lowest BCUT2D eigenvalue weighted by Crippen LogP contribution is -2.32. The Morgan fingerprint density at radius 3 is 2.56 bits per heavy atom. The third kappa shape index (κ3) is 3.51. The van der Waals surface area contributed by atoms with E-state index in [4.69, 9.17) is 5.14 Å². The van der Waals surface area contributed by atoms with Crippen LogP contribution in [0, 0.1) is 5.82 Å². The molecule has 0 aliphatic heterocycles. The van der Waals surface area contributed by atoms with Crippen LogP contribution in [0.25, 0.3) is 0 Å². The Balaban J connectivity index is 3.03. The predicted molar refractivity (Wildman–Crippen MR) is 65.0 cm³/mol. The lowest BCUT2D eigenvalue weighted by atomic mass is 10.1. The predicted octanol–water partition coefficient (Wildman–Crippen LogP) is 1.00. The molecule has 100 valence electrons. The van der Waals surface area contributed by atoms with Crippen LogP contribution in [0.2, 0.25) is 0 Å². The number of rotatable bonds is 4. The minimum atomic E-state index is -3.97. The first kappa shape index (κ1) is 14.6. The molecule has 0 aliphatic carbocycles. The summed E-state index contributed by atoms with van der Waals surface area (Å²) < 4.78 is 35.6. The van der Waals surface area contributed by atoms with E-state index in [2.05, 4.69) is 5.32 Å². The van der Waals surface area contributed by atoms with Crippen molar-refractivity contribution in [3.63, 3.8) is 0 Å². The second-order valence-electron chi connectivity index (χ2n) is 3.97. The van der Waals surface area contributed by atoms with Gasteiger partial charge in [0.15, 0.2) is 0 Å². The molecule has 0 saturated carbocycles. The van der Waals surface area contributed by atoms with E-state index in [1.54, 1.807) is 6.92 Å². The molecule has 0 radical (unpaired) electrons. The van der Waals surface area contributed by atoms with E-state index in [-0.39, 0.29) is 16.5 Å². The zero-order chi connectivity index (χ0) is 13.9. The van der Waals surface area contributed by atoms with Crippen LogP contribution >= 0.6 is 0 Å². The van der Waals surface area contributed by atoms with Gasteiger partial charge in [-0.3, -0.25) is 4.79 Å². The van der Waals surface area contributed by atoms with Crippen LogP contribution in [0.3, 0.4) is 0 Å². The molecule has 0 bridgehead atoms. The lowest BCUT2D eigenvalue weighted by Gasteiger charge is -2.12. The van der Waals surface area contributed by atoms with Gasteiger partial charge in [0.25, 0.3) is 5.91 Å². The first-order chi connectivity index (χ1) is 8.25. The zero-order valence-electron chi connectivity index (χ0n) is 10.1. The Kier molecular flexibility index (Phi) is 4.42. The van der Waals surface area contributed by atoms with Crippen molar-refractivity contribution in [1.29, 1.82) is 0 Å². The van der Waals surface area contributed by atoms with Gasteiger partial charge in [-0.05, 0) is 31.5 Å². The lowest BCUT2D eigenvalue weighted by molar-refractivity contribution is 0.0935. The van der Waals surface area contributed by atoms with Gasteiger partial charge in [-0.2, -0.15) is 0 Å². The standard InChI is InChI=1S/C11H15FN2O3S/c1-3-7(2)14-11(15)9-5-4-8(6-10(9)12)18(13,16)17/h4-7H,3H2,1-2H3,(H,14,15)(H2,13,16,17). The Morgan fingerprint density at radius 2 is 2.11 bits per heavy atom. The summed E-state index contributed by atoms with van der Waals surface area (Å²) in [4.78, 5) is 11.3. The van der Waals surface area contributed by atoms with E-state index < -0.39 is 21.7 Å². The van der Waals surface area contributed by atoms with Gasteiger partial charge in [0, 0.05) is 6.04 Å². The third-order valence-electron chi connectivity index (χ3n) is 2.50. The molecule has 1 unspecified atom stereocenters. The highest BCUT2D eigenvalue weighted by atomic mass is 32.2. The summed E-state index contributed by atoms with van der Waals surface area (Å²) >= 11 is 0. The molecule has 7 heteroatoms. The van der Waals surface area contributed by atoms with E-state index >= 15 is 0 Å². The number of sulfonamides is 1. The largest absolute Gasteiger partial charge is 0.350 e. The summed E-state index contributed by atoms with van der Waals surface area (Å²) in [6.45, 7) is 3.67. The van der Waals surface area contributed by atoms with Gasteiger partial charge in [-0.1, -0.05) is 6.92 Å². The van der Waals surface area contributed by atoms with Crippen LogP contribution in [-0.2, 0) is 10.0 Å². The maximum absolute atomic E-state index is 13.6. The van der Waals surface area contributed by atoms with Crippen LogP contribution in [0.15, 0.2) is 23.1 Å². The fraction of sp³-hybridized carbons (Fsp3) is 0.364. The number of nitrogens with one attached hydrogen (secondary N) is 1. The molecular formula is C11H15FN2O3S. The molecule has 5 nitrogen and oxygen atoms in total. The molecule has 1 rings (SSSR count). The average molecular weight is 274 g/mol. The SMILES string of the molecule is CCC(C)NC(=O)c1ccc(S(N)(=O)=O)cc1F. The van der Waals surface area contributed by atoms with E-state index in [1.807, 2.05) is 6.92 Å². The van der Waals surface area contributed by atoms with Gasteiger partial charge in [0.2, 0.25) is 10.0 Å². The molecule has 0 fully saturated rings. The number of primary sulfonamides is 1. The molecule has 3 N–H and O–H groups in total. The zero-order valence-corrected chi connectivity index (χ0v) is 10.9. The number of benzene rings is 1. The minimum absolute atomic E-state index is 0.0881. The van der Waals surface area contributed by atoms with Crippen molar-refractivity contribution in [2.45, 2.75) is 31.2 Å².